The van der Waals surface area contributed by atoms with Crippen LogP contribution in [0, 0.1) is 11.8 Å². The third-order valence-electron chi connectivity index (χ3n) is 5.62. The molecule has 1 aliphatic carbocycles. The summed E-state index contributed by atoms with van der Waals surface area (Å²) in [6.07, 6.45) is 14.1. The first-order valence-electron chi connectivity index (χ1n) is 8.82. The van der Waals surface area contributed by atoms with Gasteiger partial charge in [-0.1, -0.05) is 57.1 Å². The maximum absolute atomic E-state index is 12.9. The number of nitrogens with zero attached hydrogens (tertiary/aromatic N) is 1. The molecule has 0 aromatic heterocycles. The molecule has 122 valence electrons. The van der Waals surface area contributed by atoms with E-state index in [2.05, 4.69) is 12.2 Å². The molecule has 3 aliphatic rings. The second-order valence-electron chi connectivity index (χ2n) is 6.91. The van der Waals surface area contributed by atoms with Gasteiger partial charge in [-0.3, -0.25) is 9.69 Å². The van der Waals surface area contributed by atoms with Gasteiger partial charge in [-0.2, -0.15) is 0 Å². The lowest BCUT2D eigenvalue weighted by Gasteiger charge is -2.43. The SMILES string of the molecule is COC(=O)N1C2C=CC1C1CCCCCCCCCC2C1=O. The van der Waals surface area contributed by atoms with Gasteiger partial charge in [-0.15, -0.1) is 0 Å². The summed E-state index contributed by atoms with van der Waals surface area (Å²) in [7, 11) is 1.43. The zero-order chi connectivity index (χ0) is 15.5. The minimum absolute atomic E-state index is 0.0291. The van der Waals surface area contributed by atoms with Gasteiger partial charge in [0.15, 0.2) is 0 Å². The quantitative estimate of drug-likeness (QED) is 0.641. The first kappa shape index (κ1) is 15.6. The zero-order valence-corrected chi connectivity index (χ0v) is 13.5. The minimum Gasteiger partial charge on any atom is -0.453 e. The number of carbonyl (C=O) groups is 2. The summed E-state index contributed by atoms with van der Waals surface area (Å²) in [5.74, 6) is 0.331. The second kappa shape index (κ2) is 6.84. The largest absolute Gasteiger partial charge is 0.453 e. The zero-order valence-electron chi connectivity index (χ0n) is 13.5. The Kier molecular flexibility index (Phi) is 4.84. The molecule has 2 aliphatic heterocycles. The van der Waals surface area contributed by atoms with Crippen molar-refractivity contribution in [3.8, 4) is 0 Å². The van der Waals surface area contributed by atoms with E-state index >= 15 is 0 Å². The Morgan fingerprint density at radius 2 is 1.41 bits per heavy atom. The van der Waals surface area contributed by atoms with E-state index in [0.29, 0.717) is 5.78 Å². The number of methoxy groups -OCH3 is 1. The maximum atomic E-state index is 12.9. The molecule has 3 rings (SSSR count). The van der Waals surface area contributed by atoms with Crippen molar-refractivity contribution in [1.29, 1.82) is 0 Å². The molecule has 0 aromatic rings. The van der Waals surface area contributed by atoms with E-state index in [-0.39, 0.29) is 30.0 Å². The molecular formula is C18H27NO3. The van der Waals surface area contributed by atoms with Gasteiger partial charge in [-0.05, 0) is 12.8 Å². The van der Waals surface area contributed by atoms with Crippen LogP contribution in [-0.2, 0) is 9.53 Å². The molecule has 4 unspecified atom stereocenters. The summed E-state index contributed by atoms with van der Waals surface area (Å²) in [5.41, 5.74) is 0. The van der Waals surface area contributed by atoms with Crippen molar-refractivity contribution in [2.24, 2.45) is 11.8 Å². The first-order chi connectivity index (χ1) is 10.7. The predicted octanol–water partition coefficient (Wildman–Crippen LogP) is 3.70. The Morgan fingerprint density at radius 3 is 1.86 bits per heavy atom. The molecule has 4 bridgehead atoms. The van der Waals surface area contributed by atoms with Crippen molar-refractivity contribution in [2.75, 3.05) is 7.11 Å². The average Bonchev–Trinajstić information content (AvgIpc) is 2.89. The molecule has 22 heavy (non-hydrogen) atoms. The van der Waals surface area contributed by atoms with Crippen LogP contribution in [0.25, 0.3) is 0 Å². The summed E-state index contributed by atoms with van der Waals surface area (Å²) >= 11 is 0. The molecular weight excluding hydrogens is 278 g/mol. The highest BCUT2D eigenvalue weighted by molar-refractivity contribution is 5.89. The summed E-state index contributed by atoms with van der Waals surface area (Å²) in [5, 5.41) is 0. The molecule has 0 radical (unpaired) electrons. The van der Waals surface area contributed by atoms with E-state index in [4.69, 9.17) is 4.74 Å². The third kappa shape index (κ3) is 2.80. The molecule has 4 atom stereocenters. The van der Waals surface area contributed by atoms with Crippen molar-refractivity contribution in [2.45, 2.75) is 69.9 Å². The van der Waals surface area contributed by atoms with Crippen LogP contribution in [0.5, 0.6) is 0 Å². The molecule has 2 fully saturated rings. The number of hydrogen-bond acceptors (Lipinski definition) is 3. The maximum Gasteiger partial charge on any atom is 0.410 e. The lowest BCUT2D eigenvalue weighted by Crippen LogP contribution is -2.57. The van der Waals surface area contributed by atoms with Crippen LogP contribution < -0.4 is 0 Å². The Bertz CT molecular complexity index is 429. The van der Waals surface area contributed by atoms with Crippen molar-refractivity contribution in [1.82, 2.24) is 4.90 Å². The number of piperidine rings is 1. The number of ketones is 1. The molecule has 4 nitrogen and oxygen atoms in total. The van der Waals surface area contributed by atoms with E-state index in [0.717, 1.165) is 25.7 Å². The monoisotopic (exact) mass is 305 g/mol. The van der Waals surface area contributed by atoms with Crippen LogP contribution in [-0.4, -0.2) is 36.0 Å². The van der Waals surface area contributed by atoms with Gasteiger partial charge in [0.1, 0.15) is 5.78 Å². The van der Waals surface area contributed by atoms with Gasteiger partial charge in [0.05, 0.1) is 19.2 Å². The van der Waals surface area contributed by atoms with Crippen molar-refractivity contribution in [3.63, 3.8) is 0 Å². The molecule has 1 saturated heterocycles. The van der Waals surface area contributed by atoms with Gasteiger partial charge in [0.2, 0.25) is 0 Å². The standard InChI is InChI=1S/C18H27NO3/c1-22-18(21)19-15-11-12-16(19)14-10-8-6-4-2-3-5-7-9-13(15)17(14)20/h11-16H,2-10H2,1H3. The predicted molar refractivity (Wildman–Crippen MR) is 84.5 cm³/mol. The highest BCUT2D eigenvalue weighted by Crippen LogP contribution is 2.41. The topological polar surface area (TPSA) is 46.6 Å². The van der Waals surface area contributed by atoms with E-state index in [1.165, 1.54) is 39.2 Å². The number of carbonyl (C=O) groups excluding carboxylic acids is 2. The number of fused-ring (bicyclic) bond motifs is 6. The highest BCUT2D eigenvalue weighted by Gasteiger charge is 2.51. The third-order valence-corrected chi connectivity index (χ3v) is 5.62. The number of ether oxygens (including phenoxy) is 1. The number of hydrogen-bond donors (Lipinski definition) is 0. The fourth-order valence-corrected chi connectivity index (χ4v) is 4.47. The summed E-state index contributed by atoms with van der Waals surface area (Å²) < 4.78 is 4.98. The second-order valence-corrected chi connectivity index (χ2v) is 6.91. The fraction of sp³-hybridized carbons (Fsp3) is 0.778. The van der Waals surface area contributed by atoms with E-state index in [1.807, 2.05) is 4.90 Å². The van der Waals surface area contributed by atoms with Gasteiger partial charge < -0.3 is 4.74 Å². The molecule has 0 N–H and O–H groups in total. The van der Waals surface area contributed by atoms with E-state index < -0.39 is 0 Å². The van der Waals surface area contributed by atoms with Gasteiger partial charge in [0.25, 0.3) is 0 Å². The normalized spacial score (nSPS) is 35.7. The van der Waals surface area contributed by atoms with Gasteiger partial charge in [-0.25, -0.2) is 4.79 Å². The van der Waals surface area contributed by atoms with Gasteiger partial charge in [0, 0.05) is 11.8 Å². The van der Waals surface area contributed by atoms with Crippen LogP contribution in [0.15, 0.2) is 12.2 Å². The van der Waals surface area contributed by atoms with E-state index in [9.17, 15) is 9.59 Å². The number of rotatable bonds is 0. The van der Waals surface area contributed by atoms with Crippen LogP contribution >= 0.6 is 0 Å². The molecule has 2 heterocycles. The Hall–Kier alpha value is -1.32. The highest BCUT2D eigenvalue weighted by atomic mass is 16.5. The number of amides is 1. The van der Waals surface area contributed by atoms with Gasteiger partial charge >= 0.3 is 6.09 Å². The lowest BCUT2D eigenvalue weighted by molar-refractivity contribution is -0.134. The minimum atomic E-state index is -0.283. The Balaban J connectivity index is 1.84. The van der Waals surface area contributed by atoms with Crippen LogP contribution in [0.3, 0.4) is 0 Å². The number of Topliss-reactive ketones (excluding diaryl/α,β-unsaturated/α-hetero) is 1. The molecule has 4 heteroatoms. The van der Waals surface area contributed by atoms with Crippen LogP contribution in [0.1, 0.15) is 57.8 Å². The average molecular weight is 305 g/mol. The molecule has 1 amide bonds. The van der Waals surface area contributed by atoms with Crippen LogP contribution in [0.2, 0.25) is 0 Å². The lowest BCUT2D eigenvalue weighted by atomic mass is 9.76. The molecule has 0 aromatic carbocycles. The van der Waals surface area contributed by atoms with Crippen molar-refractivity contribution in [3.05, 3.63) is 12.2 Å². The Morgan fingerprint density at radius 1 is 0.955 bits per heavy atom. The Labute approximate surface area is 132 Å². The summed E-state index contributed by atoms with van der Waals surface area (Å²) in [6, 6.07) is -0.159. The van der Waals surface area contributed by atoms with Crippen molar-refractivity contribution >= 4 is 11.9 Å². The summed E-state index contributed by atoms with van der Waals surface area (Å²) in [6.45, 7) is 0. The smallest absolute Gasteiger partial charge is 0.410 e. The van der Waals surface area contributed by atoms with Crippen molar-refractivity contribution < 1.29 is 14.3 Å². The first-order valence-corrected chi connectivity index (χ1v) is 8.82. The van der Waals surface area contributed by atoms with Crippen LogP contribution in [0.4, 0.5) is 4.79 Å². The van der Waals surface area contributed by atoms with E-state index in [1.54, 1.807) is 0 Å². The molecule has 1 saturated carbocycles. The fourth-order valence-electron chi connectivity index (χ4n) is 4.47. The molecule has 0 spiro atoms. The summed E-state index contributed by atoms with van der Waals surface area (Å²) in [4.78, 5) is 27.0.